The van der Waals surface area contributed by atoms with Gasteiger partial charge in [-0.25, -0.2) is 0 Å². The van der Waals surface area contributed by atoms with Gasteiger partial charge in [-0.1, -0.05) is 13.0 Å². The molecule has 4 rings (SSSR count). The van der Waals surface area contributed by atoms with Crippen molar-refractivity contribution in [3.05, 3.63) is 52.1 Å². The maximum absolute atomic E-state index is 12.3. The summed E-state index contributed by atoms with van der Waals surface area (Å²) in [4.78, 5) is 16.0. The monoisotopic (exact) mass is 386 g/mol. The summed E-state index contributed by atoms with van der Waals surface area (Å²) in [6, 6.07) is 8.35. The topological polar surface area (TPSA) is 54.7 Å². The summed E-state index contributed by atoms with van der Waals surface area (Å²) in [5.41, 5.74) is 0. The molecule has 1 N–H and O–H groups in total. The van der Waals surface area contributed by atoms with Crippen molar-refractivity contribution in [3.8, 4) is 0 Å². The van der Waals surface area contributed by atoms with E-state index in [-0.39, 0.29) is 11.9 Å². The minimum Gasteiger partial charge on any atom is -0.461 e. The van der Waals surface area contributed by atoms with Crippen molar-refractivity contribution in [1.82, 2.24) is 10.2 Å². The Labute approximate surface area is 164 Å². The Morgan fingerprint density at radius 2 is 2.19 bits per heavy atom. The summed E-state index contributed by atoms with van der Waals surface area (Å²) in [5, 5.41) is 5.13. The Hall–Kier alpha value is -1.89. The van der Waals surface area contributed by atoms with Crippen LogP contribution in [0.3, 0.4) is 0 Å². The Morgan fingerprint density at radius 1 is 1.37 bits per heavy atom. The molecule has 5 nitrogen and oxygen atoms in total. The minimum absolute atomic E-state index is 0.0949. The minimum atomic E-state index is -0.0949. The van der Waals surface area contributed by atoms with Gasteiger partial charge in [0.15, 0.2) is 0 Å². The van der Waals surface area contributed by atoms with Gasteiger partial charge >= 0.3 is 0 Å². The zero-order chi connectivity index (χ0) is 18.6. The van der Waals surface area contributed by atoms with Crippen molar-refractivity contribution in [1.29, 1.82) is 0 Å². The van der Waals surface area contributed by atoms with E-state index in [4.69, 9.17) is 9.15 Å². The van der Waals surface area contributed by atoms with Crippen molar-refractivity contribution in [3.63, 3.8) is 0 Å². The summed E-state index contributed by atoms with van der Waals surface area (Å²) < 4.78 is 11.3. The molecule has 0 bridgehead atoms. The molecule has 0 spiro atoms. The predicted molar refractivity (Wildman–Crippen MR) is 107 cm³/mol. The highest BCUT2D eigenvalue weighted by atomic mass is 32.1. The first-order valence-corrected chi connectivity index (χ1v) is 10.5. The second-order valence-electron chi connectivity index (χ2n) is 7.32. The number of morpholine rings is 1. The van der Waals surface area contributed by atoms with E-state index in [0.717, 1.165) is 37.8 Å². The average molecular weight is 387 g/mol. The number of rotatable bonds is 7. The molecule has 27 heavy (non-hydrogen) atoms. The van der Waals surface area contributed by atoms with Crippen LogP contribution in [0.1, 0.15) is 41.7 Å². The van der Waals surface area contributed by atoms with E-state index < -0.39 is 0 Å². The number of carbonyl (C=O) groups excluding carboxylic acids is 1. The lowest BCUT2D eigenvalue weighted by Crippen LogP contribution is -2.43. The van der Waals surface area contributed by atoms with Gasteiger partial charge in [0, 0.05) is 36.5 Å². The van der Waals surface area contributed by atoms with Crippen molar-refractivity contribution in [2.24, 2.45) is 5.92 Å². The normalized spacial score (nSPS) is 24.2. The standard InChI is InChI=1S/C21H26N2O3S/c1-15-13-17(15)19-6-4-16(26-19)5-7-21(24)22-14-18(20-3-2-12-27-20)23-8-10-25-11-9-23/h2-7,12,15,17-18H,8-11,13-14H2,1H3,(H,22,24)/b7-5+. The number of amides is 1. The lowest BCUT2D eigenvalue weighted by Gasteiger charge is -2.34. The molecule has 2 aromatic rings. The van der Waals surface area contributed by atoms with Crippen molar-refractivity contribution in [2.75, 3.05) is 32.8 Å². The number of thiophene rings is 1. The molecule has 3 atom stereocenters. The molecule has 3 heterocycles. The Morgan fingerprint density at radius 3 is 2.89 bits per heavy atom. The van der Waals surface area contributed by atoms with Crippen LogP contribution in [0.2, 0.25) is 0 Å². The number of nitrogens with zero attached hydrogens (tertiary/aromatic N) is 1. The third-order valence-electron chi connectivity index (χ3n) is 5.35. The molecule has 2 aliphatic rings. The predicted octanol–water partition coefficient (Wildman–Crippen LogP) is 3.67. The third-order valence-corrected chi connectivity index (χ3v) is 6.32. The Kier molecular flexibility index (Phi) is 5.76. The molecule has 2 fully saturated rings. The largest absolute Gasteiger partial charge is 0.461 e. The maximum Gasteiger partial charge on any atom is 0.244 e. The lowest BCUT2D eigenvalue weighted by molar-refractivity contribution is -0.116. The first-order valence-electron chi connectivity index (χ1n) is 9.61. The van der Waals surface area contributed by atoms with E-state index in [1.807, 2.05) is 12.1 Å². The van der Waals surface area contributed by atoms with Crippen LogP contribution < -0.4 is 5.32 Å². The molecular weight excluding hydrogens is 360 g/mol. The van der Waals surface area contributed by atoms with E-state index in [2.05, 4.69) is 34.7 Å². The first kappa shape index (κ1) is 18.5. The first-order chi connectivity index (χ1) is 13.2. The highest BCUT2D eigenvalue weighted by Crippen LogP contribution is 2.47. The van der Waals surface area contributed by atoms with E-state index in [9.17, 15) is 4.79 Å². The maximum atomic E-state index is 12.3. The van der Waals surface area contributed by atoms with Gasteiger partial charge in [-0.15, -0.1) is 11.3 Å². The van der Waals surface area contributed by atoms with Gasteiger partial charge in [-0.05, 0) is 42.0 Å². The van der Waals surface area contributed by atoms with Crippen LogP contribution in [-0.4, -0.2) is 43.7 Å². The molecule has 6 heteroatoms. The molecular formula is C21H26N2O3S. The van der Waals surface area contributed by atoms with Gasteiger partial charge in [0.05, 0.1) is 19.3 Å². The highest BCUT2D eigenvalue weighted by molar-refractivity contribution is 7.10. The fraction of sp³-hybridized carbons (Fsp3) is 0.476. The lowest BCUT2D eigenvalue weighted by atomic mass is 10.2. The summed E-state index contributed by atoms with van der Waals surface area (Å²) in [6.45, 7) is 6.10. The molecule has 2 aromatic heterocycles. The number of carbonyl (C=O) groups is 1. The fourth-order valence-electron chi connectivity index (χ4n) is 3.57. The number of hydrogen-bond acceptors (Lipinski definition) is 5. The summed E-state index contributed by atoms with van der Waals surface area (Å²) in [6.07, 6.45) is 4.51. The summed E-state index contributed by atoms with van der Waals surface area (Å²) in [5.74, 6) is 2.95. The quantitative estimate of drug-likeness (QED) is 0.738. The van der Waals surface area contributed by atoms with Gasteiger partial charge in [0.1, 0.15) is 11.5 Å². The van der Waals surface area contributed by atoms with E-state index >= 15 is 0 Å². The van der Waals surface area contributed by atoms with Gasteiger partial charge in [0.2, 0.25) is 5.91 Å². The molecule has 1 saturated heterocycles. The third kappa shape index (κ3) is 4.69. The number of furan rings is 1. The van der Waals surface area contributed by atoms with E-state index in [0.29, 0.717) is 18.4 Å². The molecule has 144 valence electrons. The van der Waals surface area contributed by atoms with E-state index in [1.165, 1.54) is 11.3 Å². The van der Waals surface area contributed by atoms with Gasteiger partial charge in [-0.3, -0.25) is 9.69 Å². The van der Waals surface area contributed by atoms with Gasteiger partial charge in [-0.2, -0.15) is 0 Å². The second-order valence-corrected chi connectivity index (χ2v) is 8.30. The Balaban J connectivity index is 1.33. The second kappa shape index (κ2) is 8.42. The SMILES string of the molecule is CC1CC1c1ccc(/C=C/C(=O)NCC(c2cccs2)N2CCOCC2)o1. The molecule has 3 unspecified atom stereocenters. The molecule has 1 aliphatic carbocycles. The molecule has 0 aromatic carbocycles. The summed E-state index contributed by atoms with van der Waals surface area (Å²) in [7, 11) is 0. The van der Waals surface area contributed by atoms with Crippen molar-refractivity contribution < 1.29 is 13.9 Å². The fourth-order valence-corrected chi connectivity index (χ4v) is 4.43. The van der Waals surface area contributed by atoms with Crippen molar-refractivity contribution in [2.45, 2.75) is 25.3 Å². The van der Waals surface area contributed by atoms with Crippen molar-refractivity contribution >= 4 is 23.3 Å². The summed E-state index contributed by atoms with van der Waals surface area (Å²) >= 11 is 1.73. The van der Waals surface area contributed by atoms with E-state index in [1.54, 1.807) is 23.5 Å². The number of hydrogen-bond donors (Lipinski definition) is 1. The number of ether oxygens (including phenoxy) is 1. The zero-order valence-electron chi connectivity index (χ0n) is 15.6. The van der Waals surface area contributed by atoms with Crippen LogP contribution in [0.15, 0.2) is 40.1 Å². The zero-order valence-corrected chi connectivity index (χ0v) is 16.4. The number of nitrogens with one attached hydrogen (secondary N) is 1. The van der Waals surface area contributed by atoms with Crippen LogP contribution >= 0.6 is 11.3 Å². The van der Waals surface area contributed by atoms with Crippen LogP contribution in [0, 0.1) is 5.92 Å². The average Bonchev–Trinajstić information content (AvgIpc) is 3.10. The molecule has 1 saturated carbocycles. The van der Waals surface area contributed by atoms with Crippen LogP contribution in [0.5, 0.6) is 0 Å². The van der Waals surface area contributed by atoms with Crippen LogP contribution in [-0.2, 0) is 9.53 Å². The van der Waals surface area contributed by atoms with Crippen LogP contribution in [0.4, 0.5) is 0 Å². The molecule has 1 aliphatic heterocycles. The highest BCUT2D eigenvalue weighted by Gasteiger charge is 2.36. The molecule has 1 amide bonds. The smallest absolute Gasteiger partial charge is 0.244 e. The molecule has 0 radical (unpaired) electrons. The van der Waals surface area contributed by atoms with Gasteiger partial charge < -0.3 is 14.5 Å². The van der Waals surface area contributed by atoms with Crippen LogP contribution in [0.25, 0.3) is 6.08 Å². The Bertz CT molecular complexity index is 777. The van der Waals surface area contributed by atoms with Gasteiger partial charge in [0.25, 0.3) is 0 Å².